The Kier molecular flexibility index (Phi) is 4.79. The maximum Gasteiger partial charge on any atom is 0.246 e. The summed E-state index contributed by atoms with van der Waals surface area (Å²) in [6.45, 7) is 4.30. The number of aromatic nitrogens is 3. The van der Waals surface area contributed by atoms with Gasteiger partial charge in [0, 0.05) is 38.3 Å². The average molecular weight is 347 g/mol. The lowest BCUT2D eigenvalue weighted by Gasteiger charge is -2.35. The van der Waals surface area contributed by atoms with E-state index in [1.54, 1.807) is 34.2 Å². The molecule has 0 aliphatic carbocycles. The van der Waals surface area contributed by atoms with Crippen molar-refractivity contribution in [2.45, 2.75) is 13.5 Å². The molecule has 1 aliphatic heterocycles. The number of amides is 1. The van der Waals surface area contributed by atoms with Gasteiger partial charge in [0.15, 0.2) is 5.96 Å². The second-order valence-corrected chi connectivity index (χ2v) is 6.54. The highest BCUT2D eigenvalue weighted by atomic mass is 32.1. The van der Waals surface area contributed by atoms with Crippen LogP contribution in [0.1, 0.15) is 10.6 Å². The van der Waals surface area contributed by atoms with Gasteiger partial charge in [-0.2, -0.15) is 5.10 Å². The van der Waals surface area contributed by atoms with E-state index >= 15 is 0 Å². The van der Waals surface area contributed by atoms with E-state index in [4.69, 9.17) is 0 Å². The lowest BCUT2D eigenvalue weighted by Crippen LogP contribution is -2.55. The molecular weight excluding hydrogens is 326 g/mol. The minimum atomic E-state index is 0.0474. The molecule has 1 amide bonds. The van der Waals surface area contributed by atoms with Gasteiger partial charge in [0.2, 0.25) is 5.91 Å². The van der Waals surface area contributed by atoms with Crippen LogP contribution in [0, 0.1) is 6.92 Å². The number of nitrogens with one attached hydrogen (secondary N) is 1. The summed E-state index contributed by atoms with van der Waals surface area (Å²) >= 11 is 1.62. The molecule has 0 radical (unpaired) electrons. The van der Waals surface area contributed by atoms with Gasteiger partial charge in [0.1, 0.15) is 6.54 Å². The van der Waals surface area contributed by atoms with Crippen molar-refractivity contribution in [1.29, 1.82) is 0 Å². The zero-order valence-corrected chi connectivity index (χ0v) is 14.9. The topological polar surface area (TPSA) is 78.7 Å². The molecule has 0 spiro atoms. The summed E-state index contributed by atoms with van der Waals surface area (Å²) in [5, 5.41) is 7.45. The predicted octanol–water partition coefficient (Wildman–Crippen LogP) is 0.609. The molecule has 0 saturated carbocycles. The molecule has 1 aliphatic rings. The van der Waals surface area contributed by atoms with Crippen LogP contribution in [-0.4, -0.2) is 58.2 Å². The van der Waals surface area contributed by atoms with Crippen LogP contribution in [0.5, 0.6) is 0 Å². The lowest BCUT2D eigenvalue weighted by molar-refractivity contribution is -0.120. The number of thiazole rings is 1. The second kappa shape index (κ2) is 7.00. The van der Waals surface area contributed by atoms with Crippen molar-refractivity contribution in [3.05, 3.63) is 28.5 Å². The van der Waals surface area contributed by atoms with Gasteiger partial charge in [0.05, 0.1) is 29.6 Å². The molecule has 1 N–H and O–H groups in total. The molecule has 24 heavy (non-hydrogen) atoms. The summed E-state index contributed by atoms with van der Waals surface area (Å²) in [7, 11) is 3.58. The van der Waals surface area contributed by atoms with Crippen LogP contribution < -0.4 is 10.2 Å². The Morgan fingerprint density at radius 2 is 2.29 bits per heavy atom. The molecule has 1 fully saturated rings. The third-order valence-corrected chi connectivity index (χ3v) is 4.92. The van der Waals surface area contributed by atoms with E-state index in [1.165, 1.54) is 4.88 Å². The molecule has 0 aromatic carbocycles. The second-order valence-electron chi connectivity index (χ2n) is 5.60. The third-order valence-electron chi connectivity index (χ3n) is 3.99. The number of aliphatic imine (C=N–C) groups is 1. The van der Waals surface area contributed by atoms with Gasteiger partial charge in [-0.1, -0.05) is 0 Å². The highest BCUT2D eigenvalue weighted by molar-refractivity contribution is 7.09. The number of aryl methyl sites for hydroxylation is 2. The van der Waals surface area contributed by atoms with Crippen molar-refractivity contribution >= 4 is 28.9 Å². The Balaban J connectivity index is 1.61. The molecule has 3 heterocycles. The van der Waals surface area contributed by atoms with Crippen molar-refractivity contribution < 1.29 is 4.79 Å². The first-order chi connectivity index (χ1) is 11.6. The molecule has 0 bridgehead atoms. The number of hydrogen-bond acceptors (Lipinski definition) is 5. The first kappa shape index (κ1) is 16.4. The van der Waals surface area contributed by atoms with Gasteiger partial charge in [0.25, 0.3) is 0 Å². The van der Waals surface area contributed by atoms with Gasteiger partial charge in [-0.25, -0.2) is 4.98 Å². The number of anilines is 1. The average Bonchev–Trinajstić information content (AvgIpc) is 3.17. The van der Waals surface area contributed by atoms with E-state index in [0.717, 1.165) is 23.9 Å². The number of rotatable bonds is 3. The van der Waals surface area contributed by atoms with Crippen molar-refractivity contribution in [2.75, 3.05) is 31.6 Å². The number of hydrogen-bond donors (Lipinski definition) is 1. The van der Waals surface area contributed by atoms with Gasteiger partial charge < -0.3 is 15.1 Å². The largest absolute Gasteiger partial charge is 0.351 e. The molecule has 0 atom stereocenters. The Bertz CT molecular complexity index is 751. The van der Waals surface area contributed by atoms with Gasteiger partial charge in [-0.05, 0) is 6.92 Å². The minimum Gasteiger partial charge on any atom is -0.351 e. The Morgan fingerprint density at radius 1 is 1.46 bits per heavy atom. The van der Waals surface area contributed by atoms with Gasteiger partial charge >= 0.3 is 0 Å². The van der Waals surface area contributed by atoms with E-state index in [9.17, 15) is 4.79 Å². The molecule has 0 unspecified atom stereocenters. The maximum absolute atomic E-state index is 12.5. The molecule has 9 heteroatoms. The summed E-state index contributed by atoms with van der Waals surface area (Å²) in [6, 6.07) is 0. The van der Waals surface area contributed by atoms with E-state index < -0.39 is 0 Å². The van der Waals surface area contributed by atoms with Gasteiger partial charge in [-0.3, -0.25) is 14.5 Å². The van der Waals surface area contributed by atoms with Crippen LogP contribution in [0.3, 0.4) is 0 Å². The van der Waals surface area contributed by atoms with Crippen molar-refractivity contribution in [2.24, 2.45) is 12.0 Å². The first-order valence-electron chi connectivity index (χ1n) is 7.72. The van der Waals surface area contributed by atoms with E-state index in [-0.39, 0.29) is 5.91 Å². The fourth-order valence-corrected chi connectivity index (χ4v) is 3.38. The van der Waals surface area contributed by atoms with Crippen LogP contribution in [0.4, 0.5) is 5.69 Å². The highest BCUT2D eigenvalue weighted by Crippen LogP contribution is 2.16. The van der Waals surface area contributed by atoms with Crippen LogP contribution in [0.25, 0.3) is 0 Å². The normalized spacial score (nSPS) is 16.0. The third kappa shape index (κ3) is 3.40. The smallest absolute Gasteiger partial charge is 0.246 e. The quantitative estimate of drug-likeness (QED) is 0.650. The monoisotopic (exact) mass is 347 g/mol. The molecule has 128 valence electrons. The number of carbonyl (C=O) groups is 1. The van der Waals surface area contributed by atoms with Crippen LogP contribution in [0.2, 0.25) is 0 Å². The summed E-state index contributed by atoms with van der Waals surface area (Å²) in [6.07, 6.45) is 3.57. The lowest BCUT2D eigenvalue weighted by atomic mass is 10.3. The van der Waals surface area contributed by atoms with Crippen LogP contribution in [-0.2, 0) is 18.4 Å². The summed E-state index contributed by atoms with van der Waals surface area (Å²) < 4.78 is 1.70. The minimum absolute atomic E-state index is 0.0474. The first-order valence-corrected chi connectivity index (χ1v) is 8.60. The van der Waals surface area contributed by atoms with Crippen LogP contribution in [0.15, 0.2) is 22.9 Å². The van der Waals surface area contributed by atoms with Crippen molar-refractivity contribution in [1.82, 2.24) is 25.0 Å². The summed E-state index contributed by atoms with van der Waals surface area (Å²) in [4.78, 5) is 26.0. The number of piperazine rings is 1. The molecular formula is C15H21N7OS. The summed E-state index contributed by atoms with van der Waals surface area (Å²) in [5.74, 6) is 0.785. The molecule has 1 saturated heterocycles. The van der Waals surface area contributed by atoms with Crippen molar-refractivity contribution in [3.63, 3.8) is 0 Å². The molecule has 2 aromatic rings. The number of nitrogens with zero attached hydrogens (tertiary/aromatic N) is 6. The Hall–Kier alpha value is -2.42. The summed E-state index contributed by atoms with van der Waals surface area (Å²) in [5.41, 5.74) is 3.71. The Morgan fingerprint density at radius 3 is 2.88 bits per heavy atom. The highest BCUT2D eigenvalue weighted by Gasteiger charge is 2.27. The van der Waals surface area contributed by atoms with E-state index in [0.29, 0.717) is 19.6 Å². The maximum atomic E-state index is 12.5. The number of guanidine groups is 1. The SMILES string of the molecule is CN=C(NCc1scnc1C)N1CCN(c2cnn(C)c2)C(=O)C1. The molecule has 8 nitrogen and oxygen atoms in total. The van der Waals surface area contributed by atoms with E-state index in [2.05, 4.69) is 20.4 Å². The van der Waals surface area contributed by atoms with Crippen LogP contribution >= 0.6 is 11.3 Å². The fourth-order valence-electron chi connectivity index (χ4n) is 2.66. The Labute approximate surface area is 144 Å². The van der Waals surface area contributed by atoms with E-state index in [1.807, 2.05) is 30.6 Å². The predicted molar refractivity (Wildman–Crippen MR) is 94.2 cm³/mol. The number of carbonyl (C=O) groups excluding carboxylic acids is 1. The van der Waals surface area contributed by atoms with Crippen molar-refractivity contribution in [3.8, 4) is 0 Å². The molecule has 2 aromatic heterocycles. The zero-order valence-electron chi connectivity index (χ0n) is 14.1. The standard InChI is InChI=1S/C15H21N7OS/c1-11-13(24-10-18-11)7-17-15(16-2)21-4-5-22(14(23)9-21)12-6-19-20(3)8-12/h6,8,10H,4-5,7,9H2,1-3H3,(H,16,17). The zero-order chi connectivity index (χ0) is 17.1. The molecule has 3 rings (SSSR count). The van der Waals surface area contributed by atoms with Gasteiger partial charge in [-0.15, -0.1) is 11.3 Å². The fraction of sp³-hybridized carbons (Fsp3) is 0.467.